The number of aromatic nitrogens is 2. The lowest BCUT2D eigenvalue weighted by Crippen LogP contribution is -2.05. The quantitative estimate of drug-likeness (QED) is 0.694. The molecule has 0 bridgehead atoms. The number of pyridine rings is 2. The Hall–Kier alpha value is -2.99. The lowest BCUT2D eigenvalue weighted by Gasteiger charge is -2.12. The maximum atomic E-state index is 11.3. The molecule has 0 atom stereocenters. The van der Waals surface area contributed by atoms with Crippen molar-refractivity contribution in [2.75, 3.05) is 20.3 Å². The maximum Gasteiger partial charge on any atom is 0.335 e. The standard InChI is InChI=1S/C19H18N2O4/c1-12-9-13(5-6-20-12)16-11-18(25-8-7-24-2)15-4-3-14(19(22)23)10-17(15)21-16/h3-6,9-11H,7-8H2,1-2H3,(H,22,23). The maximum absolute atomic E-state index is 11.3. The monoisotopic (exact) mass is 338 g/mol. The molecule has 128 valence electrons. The summed E-state index contributed by atoms with van der Waals surface area (Å²) < 4.78 is 10.9. The van der Waals surface area contributed by atoms with Crippen molar-refractivity contribution in [2.45, 2.75) is 6.92 Å². The van der Waals surface area contributed by atoms with Crippen LogP contribution in [0.4, 0.5) is 0 Å². The van der Waals surface area contributed by atoms with Gasteiger partial charge in [0.05, 0.1) is 23.4 Å². The summed E-state index contributed by atoms with van der Waals surface area (Å²) in [6, 6.07) is 10.5. The molecule has 1 aromatic carbocycles. The number of benzene rings is 1. The van der Waals surface area contributed by atoms with Crippen molar-refractivity contribution in [1.82, 2.24) is 9.97 Å². The van der Waals surface area contributed by atoms with Crippen molar-refractivity contribution < 1.29 is 19.4 Å². The first-order valence-corrected chi connectivity index (χ1v) is 7.81. The molecule has 6 heteroatoms. The van der Waals surface area contributed by atoms with Gasteiger partial charge in [-0.3, -0.25) is 4.98 Å². The van der Waals surface area contributed by atoms with Crippen LogP contribution in [0.3, 0.4) is 0 Å². The molecular weight excluding hydrogens is 320 g/mol. The number of fused-ring (bicyclic) bond motifs is 1. The highest BCUT2D eigenvalue weighted by molar-refractivity contribution is 5.95. The Morgan fingerprint density at radius 2 is 2.00 bits per heavy atom. The highest BCUT2D eigenvalue weighted by atomic mass is 16.5. The van der Waals surface area contributed by atoms with Crippen molar-refractivity contribution in [2.24, 2.45) is 0 Å². The van der Waals surface area contributed by atoms with E-state index in [1.165, 1.54) is 0 Å². The third-order valence-electron chi connectivity index (χ3n) is 3.76. The molecule has 2 aromatic heterocycles. The summed E-state index contributed by atoms with van der Waals surface area (Å²) in [4.78, 5) is 20.1. The largest absolute Gasteiger partial charge is 0.490 e. The summed E-state index contributed by atoms with van der Waals surface area (Å²) in [5, 5.41) is 9.99. The molecule has 0 amide bonds. The fourth-order valence-corrected chi connectivity index (χ4v) is 2.54. The van der Waals surface area contributed by atoms with Crippen molar-refractivity contribution >= 4 is 16.9 Å². The van der Waals surface area contributed by atoms with E-state index in [1.54, 1.807) is 31.5 Å². The molecule has 0 aliphatic carbocycles. The van der Waals surface area contributed by atoms with Crippen molar-refractivity contribution in [1.29, 1.82) is 0 Å². The van der Waals surface area contributed by atoms with Gasteiger partial charge in [0.1, 0.15) is 12.4 Å². The second kappa shape index (κ2) is 7.27. The van der Waals surface area contributed by atoms with E-state index in [2.05, 4.69) is 9.97 Å². The van der Waals surface area contributed by atoms with E-state index in [1.807, 2.05) is 25.1 Å². The number of carboxylic acid groups (broad SMARTS) is 1. The number of rotatable bonds is 6. The van der Waals surface area contributed by atoms with Crippen molar-refractivity contribution in [3.63, 3.8) is 0 Å². The molecule has 0 radical (unpaired) electrons. The Morgan fingerprint density at radius 1 is 1.16 bits per heavy atom. The van der Waals surface area contributed by atoms with Gasteiger partial charge >= 0.3 is 5.97 Å². The Bertz CT molecular complexity index is 924. The van der Waals surface area contributed by atoms with E-state index in [9.17, 15) is 9.90 Å². The summed E-state index contributed by atoms with van der Waals surface area (Å²) in [5.41, 5.74) is 3.23. The first-order chi connectivity index (χ1) is 12.1. The van der Waals surface area contributed by atoms with Gasteiger partial charge in [-0.2, -0.15) is 0 Å². The van der Waals surface area contributed by atoms with Gasteiger partial charge < -0.3 is 14.6 Å². The van der Waals surface area contributed by atoms with Crippen LogP contribution in [0, 0.1) is 6.92 Å². The van der Waals surface area contributed by atoms with Crippen LogP contribution >= 0.6 is 0 Å². The Balaban J connectivity index is 2.14. The van der Waals surface area contributed by atoms with E-state index in [4.69, 9.17) is 9.47 Å². The fraction of sp³-hybridized carbons (Fsp3) is 0.211. The predicted octanol–water partition coefficient (Wildman–Crippen LogP) is 3.33. The highest BCUT2D eigenvalue weighted by Gasteiger charge is 2.12. The van der Waals surface area contributed by atoms with Gasteiger partial charge in [-0.1, -0.05) is 0 Å². The molecule has 1 N–H and O–H groups in total. The lowest BCUT2D eigenvalue weighted by atomic mass is 10.1. The Morgan fingerprint density at radius 3 is 2.72 bits per heavy atom. The SMILES string of the molecule is COCCOc1cc(-c2ccnc(C)c2)nc2cc(C(=O)O)ccc12. The number of ether oxygens (including phenoxy) is 2. The summed E-state index contributed by atoms with van der Waals surface area (Å²) in [6.45, 7) is 2.76. The summed E-state index contributed by atoms with van der Waals surface area (Å²) >= 11 is 0. The van der Waals surface area contributed by atoms with Crippen molar-refractivity contribution in [3.05, 3.63) is 53.9 Å². The van der Waals surface area contributed by atoms with Crippen LogP contribution in [0.15, 0.2) is 42.6 Å². The van der Waals surface area contributed by atoms with Crippen LogP contribution in [0.5, 0.6) is 5.75 Å². The van der Waals surface area contributed by atoms with Gasteiger partial charge in [0.25, 0.3) is 0 Å². The number of carbonyl (C=O) groups is 1. The van der Waals surface area contributed by atoms with Crippen LogP contribution in [-0.2, 0) is 4.74 Å². The van der Waals surface area contributed by atoms with Crippen LogP contribution < -0.4 is 4.74 Å². The van der Waals surface area contributed by atoms with Crippen LogP contribution in [0.2, 0.25) is 0 Å². The molecule has 0 saturated heterocycles. The lowest BCUT2D eigenvalue weighted by molar-refractivity contribution is 0.0697. The molecule has 6 nitrogen and oxygen atoms in total. The number of hydrogen-bond acceptors (Lipinski definition) is 5. The number of carboxylic acids is 1. The minimum Gasteiger partial charge on any atom is -0.490 e. The number of hydrogen-bond donors (Lipinski definition) is 1. The minimum atomic E-state index is -0.990. The third-order valence-corrected chi connectivity index (χ3v) is 3.76. The fourth-order valence-electron chi connectivity index (χ4n) is 2.54. The second-order valence-electron chi connectivity index (χ2n) is 5.57. The van der Waals surface area contributed by atoms with E-state index in [0.29, 0.717) is 30.2 Å². The Labute approximate surface area is 145 Å². The van der Waals surface area contributed by atoms with E-state index in [0.717, 1.165) is 16.6 Å². The molecule has 0 spiro atoms. The van der Waals surface area contributed by atoms with Gasteiger partial charge in [-0.25, -0.2) is 9.78 Å². The smallest absolute Gasteiger partial charge is 0.335 e. The average Bonchev–Trinajstić information content (AvgIpc) is 2.61. The zero-order valence-electron chi connectivity index (χ0n) is 14.0. The van der Waals surface area contributed by atoms with E-state index >= 15 is 0 Å². The van der Waals surface area contributed by atoms with Gasteiger partial charge in [-0.05, 0) is 37.3 Å². The number of aryl methyl sites for hydroxylation is 1. The van der Waals surface area contributed by atoms with Gasteiger partial charge in [0.15, 0.2) is 0 Å². The first-order valence-electron chi connectivity index (χ1n) is 7.81. The number of aromatic carboxylic acids is 1. The molecule has 0 unspecified atom stereocenters. The third kappa shape index (κ3) is 3.75. The normalized spacial score (nSPS) is 10.8. The van der Waals surface area contributed by atoms with Gasteiger partial charge in [-0.15, -0.1) is 0 Å². The molecule has 3 rings (SSSR count). The molecule has 25 heavy (non-hydrogen) atoms. The van der Waals surface area contributed by atoms with Crippen LogP contribution in [0.25, 0.3) is 22.2 Å². The van der Waals surface area contributed by atoms with Crippen molar-refractivity contribution in [3.8, 4) is 17.0 Å². The summed E-state index contributed by atoms with van der Waals surface area (Å²) in [5.74, 6) is -0.348. The molecule has 2 heterocycles. The molecule has 0 saturated carbocycles. The molecule has 0 fully saturated rings. The number of nitrogens with zero attached hydrogens (tertiary/aromatic N) is 2. The minimum absolute atomic E-state index is 0.186. The van der Waals surface area contributed by atoms with Crippen LogP contribution in [0.1, 0.15) is 16.1 Å². The van der Waals surface area contributed by atoms with Gasteiger partial charge in [0.2, 0.25) is 0 Å². The summed E-state index contributed by atoms with van der Waals surface area (Å²) in [6.07, 6.45) is 1.72. The average molecular weight is 338 g/mol. The zero-order valence-corrected chi connectivity index (χ0v) is 14.0. The summed E-state index contributed by atoms with van der Waals surface area (Å²) in [7, 11) is 1.61. The zero-order chi connectivity index (χ0) is 17.8. The molecule has 3 aromatic rings. The van der Waals surface area contributed by atoms with E-state index < -0.39 is 5.97 Å². The van der Waals surface area contributed by atoms with Crippen LogP contribution in [-0.4, -0.2) is 41.4 Å². The van der Waals surface area contributed by atoms with Gasteiger partial charge in [0, 0.05) is 36.0 Å². The van der Waals surface area contributed by atoms with E-state index in [-0.39, 0.29) is 5.56 Å². The molecule has 0 aliphatic heterocycles. The predicted molar refractivity (Wildman–Crippen MR) is 94.0 cm³/mol. The Kier molecular flexibility index (Phi) is 4.90. The first kappa shape index (κ1) is 16.9. The molecule has 0 aliphatic rings. The second-order valence-corrected chi connectivity index (χ2v) is 5.57. The number of methoxy groups -OCH3 is 1. The highest BCUT2D eigenvalue weighted by Crippen LogP contribution is 2.31. The topological polar surface area (TPSA) is 81.5 Å². The molecular formula is C19H18N2O4.